The lowest BCUT2D eigenvalue weighted by Gasteiger charge is -2.22. The first-order chi connectivity index (χ1) is 9.63. The van der Waals surface area contributed by atoms with E-state index in [-0.39, 0.29) is 23.2 Å². The van der Waals surface area contributed by atoms with Crippen molar-refractivity contribution >= 4 is 17.6 Å². The number of halogens is 2. The lowest BCUT2D eigenvalue weighted by atomic mass is 10.0. The molecule has 1 saturated carbocycles. The Morgan fingerprint density at radius 2 is 2.20 bits per heavy atom. The van der Waals surface area contributed by atoms with Crippen molar-refractivity contribution in [3.8, 4) is 0 Å². The van der Waals surface area contributed by atoms with Crippen molar-refractivity contribution in [3.63, 3.8) is 0 Å². The molecule has 0 spiro atoms. The molecule has 0 saturated heterocycles. The number of carbonyl (C=O) groups excluding carboxylic acids is 1. The maximum atomic E-state index is 14.1. The van der Waals surface area contributed by atoms with Gasteiger partial charge in [0.05, 0.1) is 11.6 Å². The second kappa shape index (κ2) is 7.04. The van der Waals surface area contributed by atoms with Crippen LogP contribution < -0.4 is 5.32 Å². The van der Waals surface area contributed by atoms with Crippen LogP contribution >= 0.6 is 11.6 Å². The Morgan fingerprint density at radius 3 is 2.85 bits per heavy atom. The zero-order valence-electron chi connectivity index (χ0n) is 11.5. The summed E-state index contributed by atoms with van der Waals surface area (Å²) in [5, 5.41) is 3.23. The molecule has 110 valence electrons. The third-order valence-electron chi connectivity index (χ3n) is 3.57. The molecule has 3 nitrogen and oxygen atoms in total. The van der Waals surface area contributed by atoms with Gasteiger partial charge in [-0.1, -0.05) is 36.6 Å². The van der Waals surface area contributed by atoms with E-state index in [9.17, 15) is 9.18 Å². The van der Waals surface area contributed by atoms with E-state index in [1.165, 1.54) is 6.07 Å². The molecule has 1 aromatic carbocycles. The number of hydrogen-bond acceptors (Lipinski definition) is 3. The molecule has 1 aliphatic carbocycles. The standard InChI is InChI=1S/C15H19ClFNO2/c1-2-20-15(19)14(18-10-6-3-4-7-10)11-8-5-9-12(16)13(11)17/h5,8-10,14,18H,2-4,6-7H2,1H3. The molecule has 0 radical (unpaired) electrons. The van der Waals surface area contributed by atoms with Crippen molar-refractivity contribution < 1.29 is 13.9 Å². The van der Waals surface area contributed by atoms with Gasteiger partial charge in [-0.25, -0.2) is 9.18 Å². The van der Waals surface area contributed by atoms with Crippen LogP contribution in [0, 0.1) is 5.82 Å². The minimum Gasteiger partial charge on any atom is -0.465 e. The predicted octanol–water partition coefficient (Wildman–Crippen LogP) is 3.62. The Kier molecular flexibility index (Phi) is 5.38. The van der Waals surface area contributed by atoms with Crippen LogP contribution in [0.25, 0.3) is 0 Å². The van der Waals surface area contributed by atoms with Gasteiger partial charge in [-0.15, -0.1) is 0 Å². The number of benzene rings is 1. The monoisotopic (exact) mass is 299 g/mol. The van der Waals surface area contributed by atoms with Crippen LogP contribution in [0.2, 0.25) is 5.02 Å². The minimum atomic E-state index is -0.795. The molecule has 0 amide bonds. The highest BCUT2D eigenvalue weighted by atomic mass is 35.5. The van der Waals surface area contributed by atoms with Crippen LogP contribution in [-0.2, 0) is 9.53 Å². The van der Waals surface area contributed by atoms with Gasteiger partial charge in [0.15, 0.2) is 0 Å². The third kappa shape index (κ3) is 3.49. The zero-order valence-corrected chi connectivity index (χ0v) is 12.3. The maximum absolute atomic E-state index is 14.1. The van der Waals surface area contributed by atoms with Gasteiger partial charge >= 0.3 is 5.97 Å². The van der Waals surface area contributed by atoms with Crippen molar-refractivity contribution in [2.75, 3.05) is 6.61 Å². The maximum Gasteiger partial charge on any atom is 0.327 e. The minimum absolute atomic E-state index is 0.0185. The lowest BCUT2D eigenvalue weighted by molar-refractivity contribution is -0.146. The average Bonchev–Trinajstić information content (AvgIpc) is 2.93. The molecule has 20 heavy (non-hydrogen) atoms. The molecule has 5 heteroatoms. The van der Waals surface area contributed by atoms with E-state index in [1.54, 1.807) is 19.1 Å². The van der Waals surface area contributed by atoms with E-state index in [2.05, 4.69) is 5.32 Å². The van der Waals surface area contributed by atoms with Crippen molar-refractivity contribution in [3.05, 3.63) is 34.6 Å². The van der Waals surface area contributed by atoms with Crippen LogP contribution in [-0.4, -0.2) is 18.6 Å². The highest BCUT2D eigenvalue weighted by Gasteiger charge is 2.29. The van der Waals surface area contributed by atoms with Gasteiger partial charge in [0.2, 0.25) is 0 Å². The largest absolute Gasteiger partial charge is 0.465 e. The average molecular weight is 300 g/mol. The summed E-state index contributed by atoms with van der Waals surface area (Å²) in [7, 11) is 0. The number of hydrogen-bond donors (Lipinski definition) is 1. The number of nitrogens with one attached hydrogen (secondary N) is 1. The van der Waals surface area contributed by atoms with E-state index in [4.69, 9.17) is 16.3 Å². The molecule has 0 bridgehead atoms. The third-order valence-corrected chi connectivity index (χ3v) is 3.86. The summed E-state index contributed by atoms with van der Waals surface area (Å²) >= 11 is 5.80. The van der Waals surface area contributed by atoms with Gasteiger partial charge in [-0.05, 0) is 25.8 Å². The first-order valence-corrected chi connectivity index (χ1v) is 7.38. The molecule has 1 fully saturated rings. The Balaban J connectivity index is 2.24. The topological polar surface area (TPSA) is 38.3 Å². The number of rotatable bonds is 5. The predicted molar refractivity (Wildman–Crippen MR) is 76.2 cm³/mol. The van der Waals surface area contributed by atoms with Gasteiger partial charge in [0.1, 0.15) is 11.9 Å². The van der Waals surface area contributed by atoms with Crippen LogP contribution in [0.5, 0.6) is 0 Å². The molecule has 0 aromatic heterocycles. The van der Waals surface area contributed by atoms with E-state index in [1.807, 2.05) is 0 Å². The molecule has 1 aromatic rings. The Morgan fingerprint density at radius 1 is 1.50 bits per heavy atom. The molecule has 1 aliphatic rings. The molecule has 2 rings (SSSR count). The summed E-state index contributed by atoms with van der Waals surface area (Å²) in [6.07, 6.45) is 4.26. The van der Waals surface area contributed by atoms with Gasteiger partial charge in [0, 0.05) is 11.6 Å². The molecule has 1 unspecified atom stereocenters. The van der Waals surface area contributed by atoms with Crippen molar-refractivity contribution in [2.24, 2.45) is 0 Å². The Bertz CT molecular complexity index is 475. The summed E-state index contributed by atoms with van der Waals surface area (Å²) in [4.78, 5) is 12.1. The van der Waals surface area contributed by atoms with Gasteiger partial charge in [-0.2, -0.15) is 0 Å². The normalized spacial score (nSPS) is 17.1. The zero-order chi connectivity index (χ0) is 14.5. The summed E-state index contributed by atoms with van der Waals surface area (Å²) in [5.41, 5.74) is 0.253. The van der Waals surface area contributed by atoms with Crippen LogP contribution in [0.15, 0.2) is 18.2 Å². The van der Waals surface area contributed by atoms with Crippen molar-refractivity contribution in [1.82, 2.24) is 5.32 Å². The molecule has 0 aliphatic heterocycles. The fourth-order valence-electron chi connectivity index (χ4n) is 2.58. The van der Waals surface area contributed by atoms with E-state index < -0.39 is 17.8 Å². The summed E-state index contributed by atoms with van der Waals surface area (Å²) in [5.74, 6) is -1.02. The number of esters is 1. The van der Waals surface area contributed by atoms with Crippen LogP contribution in [0.4, 0.5) is 4.39 Å². The van der Waals surface area contributed by atoms with Gasteiger partial charge < -0.3 is 4.74 Å². The quantitative estimate of drug-likeness (QED) is 0.844. The Hall–Kier alpha value is -1.13. The van der Waals surface area contributed by atoms with E-state index >= 15 is 0 Å². The first kappa shape index (κ1) is 15.3. The first-order valence-electron chi connectivity index (χ1n) is 7.00. The van der Waals surface area contributed by atoms with Crippen LogP contribution in [0.1, 0.15) is 44.2 Å². The SMILES string of the molecule is CCOC(=O)C(NC1CCCC1)c1cccc(Cl)c1F. The smallest absolute Gasteiger partial charge is 0.327 e. The van der Waals surface area contributed by atoms with E-state index in [0.717, 1.165) is 25.7 Å². The fraction of sp³-hybridized carbons (Fsp3) is 0.533. The van der Waals surface area contributed by atoms with Crippen molar-refractivity contribution in [1.29, 1.82) is 0 Å². The van der Waals surface area contributed by atoms with Gasteiger partial charge in [-0.3, -0.25) is 5.32 Å². The Labute approximate surface area is 123 Å². The molecular weight excluding hydrogens is 281 g/mol. The highest BCUT2D eigenvalue weighted by Crippen LogP contribution is 2.27. The molecule has 0 heterocycles. The molecular formula is C15H19ClFNO2. The second-order valence-corrected chi connectivity index (χ2v) is 5.38. The fourth-order valence-corrected chi connectivity index (χ4v) is 2.76. The summed E-state index contributed by atoms with van der Waals surface area (Å²) in [6, 6.07) is 4.12. The lowest BCUT2D eigenvalue weighted by Crippen LogP contribution is -2.37. The summed E-state index contributed by atoms with van der Waals surface area (Å²) in [6.45, 7) is 2.00. The molecule has 1 atom stereocenters. The van der Waals surface area contributed by atoms with Gasteiger partial charge in [0.25, 0.3) is 0 Å². The van der Waals surface area contributed by atoms with Crippen LogP contribution in [0.3, 0.4) is 0 Å². The number of ether oxygens (including phenoxy) is 1. The van der Waals surface area contributed by atoms with E-state index in [0.29, 0.717) is 0 Å². The highest BCUT2D eigenvalue weighted by molar-refractivity contribution is 6.30. The molecule has 1 N–H and O–H groups in total. The van der Waals surface area contributed by atoms with Crippen molar-refractivity contribution in [2.45, 2.75) is 44.7 Å². The number of carbonyl (C=O) groups is 1. The summed E-state index contributed by atoms with van der Waals surface area (Å²) < 4.78 is 19.2. The second-order valence-electron chi connectivity index (χ2n) is 4.98.